The number of allylic oxidation sites excluding steroid dienone is 1. The van der Waals surface area contributed by atoms with Gasteiger partial charge in [-0.05, 0) is 49.8 Å². The van der Waals surface area contributed by atoms with Crippen LogP contribution in [0, 0.1) is 6.92 Å². The van der Waals surface area contributed by atoms with Gasteiger partial charge in [0.25, 0.3) is 0 Å². The highest BCUT2D eigenvalue weighted by Crippen LogP contribution is 2.39. The molecular formula is C19H15ClO4. The fourth-order valence-corrected chi connectivity index (χ4v) is 2.65. The summed E-state index contributed by atoms with van der Waals surface area (Å²) in [6, 6.07) is 10.5. The number of Topliss-reactive ketones (excluding diaryl/α,β-unsaturated/α-hetero) is 2. The minimum Gasteiger partial charge on any atom is -0.485 e. The maximum absolute atomic E-state index is 12.5. The van der Waals surface area contributed by atoms with Crippen LogP contribution in [-0.4, -0.2) is 18.2 Å². The van der Waals surface area contributed by atoms with Gasteiger partial charge in [0.1, 0.15) is 18.1 Å². The van der Waals surface area contributed by atoms with Gasteiger partial charge in [-0.25, -0.2) is 0 Å². The van der Waals surface area contributed by atoms with Crippen molar-refractivity contribution < 1.29 is 19.1 Å². The second-order valence-corrected chi connectivity index (χ2v) is 5.99. The highest BCUT2D eigenvalue weighted by molar-refractivity contribution is 6.30. The van der Waals surface area contributed by atoms with E-state index in [9.17, 15) is 9.59 Å². The predicted octanol–water partition coefficient (Wildman–Crippen LogP) is 4.23. The van der Waals surface area contributed by atoms with E-state index in [-0.39, 0.29) is 23.9 Å². The summed E-state index contributed by atoms with van der Waals surface area (Å²) in [7, 11) is 0. The normalized spacial score (nSPS) is 14.5. The van der Waals surface area contributed by atoms with Crippen molar-refractivity contribution in [2.75, 3.05) is 6.61 Å². The lowest BCUT2D eigenvalue weighted by atomic mass is 10.1. The van der Waals surface area contributed by atoms with E-state index in [1.807, 2.05) is 6.07 Å². The number of hydrogen-bond acceptors (Lipinski definition) is 4. The first-order valence-electron chi connectivity index (χ1n) is 7.41. The van der Waals surface area contributed by atoms with E-state index in [1.165, 1.54) is 6.92 Å². The SMILES string of the molecule is CC(=O)COc1ccc2c(c1C)O/C(=C\c1cccc(Cl)c1)C2=O. The Balaban J connectivity index is 1.92. The Hall–Kier alpha value is -2.59. The number of halogens is 1. The lowest BCUT2D eigenvalue weighted by molar-refractivity contribution is -0.118. The third kappa shape index (κ3) is 3.19. The van der Waals surface area contributed by atoms with Crippen LogP contribution in [0.25, 0.3) is 6.08 Å². The van der Waals surface area contributed by atoms with E-state index in [0.29, 0.717) is 27.6 Å². The molecule has 0 unspecified atom stereocenters. The second kappa shape index (κ2) is 6.49. The highest BCUT2D eigenvalue weighted by Gasteiger charge is 2.30. The molecule has 122 valence electrons. The first kappa shape index (κ1) is 16.3. The Morgan fingerprint density at radius 3 is 2.79 bits per heavy atom. The van der Waals surface area contributed by atoms with Crippen molar-refractivity contribution in [3.63, 3.8) is 0 Å². The van der Waals surface area contributed by atoms with Gasteiger partial charge in [-0.3, -0.25) is 9.59 Å². The second-order valence-electron chi connectivity index (χ2n) is 5.55. The summed E-state index contributed by atoms with van der Waals surface area (Å²) in [5, 5.41) is 0.586. The van der Waals surface area contributed by atoms with Crippen molar-refractivity contribution in [2.45, 2.75) is 13.8 Å². The van der Waals surface area contributed by atoms with E-state index in [1.54, 1.807) is 43.3 Å². The lowest BCUT2D eigenvalue weighted by Gasteiger charge is -2.10. The van der Waals surface area contributed by atoms with Crippen molar-refractivity contribution in [1.82, 2.24) is 0 Å². The number of rotatable bonds is 4. The molecule has 0 atom stereocenters. The molecule has 0 radical (unpaired) electrons. The van der Waals surface area contributed by atoms with Gasteiger partial charge in [0.2, 0.25) is 5.78 Å². The third-order valence-corrected chi connectivity index (χ3v) is 3.85. The van der Waals surface area contributed by atoms with Crippen LogP contribution in [0.1, 0.15) is 28.4 Å². The maximum atomic E-state index is 12.5. The molecule has 4 nitrogen and oxygen atoms in total. The molecule has 2 aromatic rings. The van der Waals surface area contributed by atoms with Crippen LogP contribution < -0.4 is 9.47 Å². The molecule has 24 heavy (non-hydrogen) atoms. The van der Waals surface area contributed by atoms with Crippen LogP contribution in [-0.2, 0) is 4.79 Å². The molecule has 0 spiro atoms. The van der Waals surface area contributed by atoms with Crippen molar-refractivity contribution >= 4 is 29.2 Å². The molecule has 1 aliphatic rings. The van der Waals surface area contributed by atoms with Gasteiger partial charge in [-0.15, -0.1) is 0 Å². The van der Waals surface area contributed by atoms with Gasteiger partial charge in [0, 0.05) is 10.6 Å². The predicted molar refractivity (Wildman–Crippen MR) is 91.7 cm³/mol. The molecule has 2 aromatic carbocycles. The highest BCUT2D eigenvalue weighted by atomic mass is 35.5. The molecule has 0 amide bonds. The molecule has 0 fully saturated rings. The summed E-state index contributed by atoms with van der Waals surface area (Å²) in [6.07, 6.45) is 1.66. The summed E-state index contributed by atoms with van der Waals surface area (Å²) < 4.78 is 11.2. The van der Waals surface area contributed by atoms with Crippen LogP contribution in [0.5, 0.6) is 11.5 Å². The Morgan fingerprint density at radius 1 is 1.29 bits per heavy atom. The van der Waals surface area contributed by atoms with Crippen LogP contribution in [0.2, 0.25) is 5.02 Å². The minimum atomic E-state index is -0.189. The average Bonchev–Trinajstić information content (AvgIpc) is 2.84. The van der Waals surface area contributed by atoms with Gasteiger partial charge in [0.05, 0.1) is 5.56 Å². The van der Waals surface area contributed by atoms with E-state index < -0.39 is 0 Å². The molecule has 0 aliphatic carbocycles. The van der Waals surface area contributed by atoms with E-state index >= 15 is 0 Å². The Bertz CT molecular complexity index is 868. The minimum absolute atomic E-state index is 0.0151. The monoisotopic (exact) mass is 342 g/mol. The van der Waals surface area contributed by atoms with E-state index in [2.05, 4.69) is 0 Å². The fourth-order valence-electron chi connectivity index (χ4n) is 2.45. The Labute approximate surface area is 144 Å². The van der Waals surface area contributed by atoms with E-state index in [0.717, 1.165) is 5.56 Å². The smallest absolute Gasteiger partial charge is 0.231 e. The van der Waals surface area contributed by atoms with Gasteiger partial charge < -0.3 is 9.47 Å². The number of carbonyl (C=O) groups is 2. The molecule has 5 heteroatoms. The summed E-state index contributed by atoms with van der Waals surface area (Å²) >= 11 is 5.96. The first-order chi connectivity index (χ1) is 11.5. The Morgan fingerprint density at radius 2 is 2.08 bits per heavy atom. The van der Waals surface area contributed by atoms with Crippen LogP contribution in [0.4, 0.5) is 0 Å². The van der Waals surface area contributed by atoms with Crippen molar-refractivity contribution in [2.24, 2.45) is 0 Å². The molecule has 1 heterocycles. The standard InChI is InChI=1S/C19H15ClO4/c1-11(21)10-23-16-7-6-15-18(22)17(24-19(15)12(16)2)9-13-4-3-5-14(20)8-13/h3-9H,10H2,1-2H3/b17-9-. The molecule has 1 aliphatic heterocycles. The number of hydrogen-bond donors (Lipinski definition) is 0. The number of ketones is 2. The van der Waals surface area contributed by atoms with Gasteiger partial charge in [-0.1, -0.05) is 23.7 Å². The summed E-state index contributed by atoms with van der Waals surface area (Å²) in [4.78, 5) is 23.6. The van der Waals surface area contributed by atoms with Gasteiger partial charge >= 0.3 is 0 Å². The summed E-state index contributed by atoms with van der Waals surface area (Å²) in [5.41, 5.74) is 1.96. The number of benzene rings is 2. The molecule has 0 aromatic heterocycles. The number of ether oxygens (including phenoxy) is 2. The molecule has 0 N–H and O–H groups in total. The zero-order chi connectivity index (χ0) is 17.3. The molecule has 0 saturated heterocycles. The zero-order valence-corrected chi connectivity index (χ0v) is 14.0. The largest absolute Gasteiger partial charge is 0.485 e. The van der Waals surface area contributed by atoms with Crippen LogP contribution in [0.15, 0.2) is 42.2 Å². The van der Waals surface area contributed by atoms with Crippen molar-refractivity contribution in [3.8, 4) is 11.5 Å². The fraction of sp³-hybridized carbons (Fsp3) is 0.158. The third-order valence-electron chi connectivity index (χ3n) is 3.61. The summed E-state index contributed by atoms with van der Waals surface area (Å²) in [6.45, 7) is 3.23. The summed E-state index contributed by atoms with van der Waals surface area (Å²) in [5.74, 6) is 0.966. The quantitative estimate of drug-likeness (QED) is 0.780. The number of carbonyl (C=O) groups excluding carboxylic acids is 2. The van der Waals surface area contributed by atoms with Crippen LogP contribution in [0.3, 0.4) is 0 Å². The van der Waals surface area contributed by atoms with Gasteiger partial charge in [-0.2, -0.15) is 0 Å². The molecule has 0 bridgehead atoms. The van der Waals surface area contributed by atoms with Crippen molar-refractivity contribution in [3.05, 3.63) is 63.9 Å². The van der Waals surface area contributed by atoms with Crippen molar-refractivity contribution in [1.29, 1.82) is 0 Å². The molecule has 3 rings (SSSR count). The molecular weight excluding hydrogens is 328 g/mol. The maximum Gasteiger partial charge on any atom is 0.231 e. The average molecular weight is 343 g/mol. The zero-order valence-electron chi connectivity index (χ0n) is 13.3. The lowest BCUT2D eigenvalue weighted by Crippen LogP contribution is -2.07. The topological polar surface area (TPSA) is 52.6 Å². The van der Waals surface area contributed by atoms with E-state index in [4.69, 9.17) is 21.1 Å². The van der Waals surface area contributed by atoms with Gasteiger partial charge in [0.15, 0.2) is 11.5 Å². The Kier molecular flexibility index (Phi) is 4.40. The van der Waals surface area contributed by atoms with Crippen LogP contribution >= 0.6 is 11.6 Å². The first-order valence-corrected chi connectivity index (χ1v) is 7.79. The number of fused-ring (bicyclic) bond motifs is 1. The molecule has 0 saturated carbocycles.